The molecule has 0 aliphatic rings. The molecule has 0 amide bonds. The molecule has 1 heterocycles. The minimum atomic E-state index is -0.362. The van der Waals surface area contributed by atoms with Gasteiger partial charge in [0.1, 0.15) is 5.69 Å². The average molecular weight is 308 g/mol. The summed E-state index contributed by atoms with van der Waals surface area (Å²) in [5, 5.41) is 3.16. The van der Waals surface area contributed by atoms with E-state index in [1.54, 1.807) is 6.92 Å². The van der Waals surface area contributed by atoms with Crippen molar-refractivity contribution in [2.24, 2.45) is 5.92 Å². The number of rotatable bonds is 8. The summed E-state index contributed by atoms with van der Waals surface area (Å²) in [7, 11) is 0. The maximum absolute atomic E-state index is 12.5. The predicted molar refractivity (Wildman–Crippen MR) is 87.6 cm³/mol. The number of carbonyl (C=O) groups excluding carboxylic acids is 2. The van der Waals surface area contributed by atoms with Gasteiger partial charge in [0.15, 0.2) is 5.78 Å². The van der Waals surface area contributed by atoms with E-state index < -0.39 is 0 Å². The predicted octanol–water partition coefficient (Wildman–Crippen LogP) is 2.73. The van der Waals surface area contributed by atoms with Crippen LogP contribution >= 0.6 is 0 Å². The van der Waals surface area contributed by atoms with E-state index >= 15 is 0 Å². The summed E-state index contributed by atoms with van der Waals surface area (Å²) < 4.78 is 6.99. The van der Waals surface area contributed by atoms with E-state index in [-0.39, 0.29) is 18.3 Å². The van der Waals surface area contributed by atoms with Crippen LogP contribution in [0.1, 0.15) is 59.8 Å². The molecule has 0 aliphatic heterocycles. The van der Waals surface area contributed by atoms with Crippen molar-refractivity contribution in [3.8, 4) is 0 Å². The summed E-state index contributed by atoms with van der Waals surface area (Å²) in [6.07, 6.45) is 0. The van der Waals surface area contributed by atoms with Crippen LogP contribution in [0.2, 0.25) is 0 Å². The normalized spacial score (nSPS) is 11.0. The molecule has 0 bridgehead atoms. The molecule has 1 aromatic rings. The lowest BCUT2D eigenvalue weighted by Gasteiger charge is -2.08. The lowest BCUT2D eigenvalue weighted by atomic mass is 10.1. The molecule has 5 nitrogen and oxygen atoms in total. The van der Waals surface area contributed by atoms with Crippen LogP contribution in [0, 0.1) is 19.8 Å². The molecule has 22 heavy (non-hydrogen) atoms. The Labute approximate surface area is 133 Å². The fourth-order valence-electron chi connectivity index (χ4n) is 2.73. The van der Waals surface area contributed by atoms with Gasteiger partial charge < -0.3 is 14.6 Å². The van der Waals surface area contributed by atoms with Crippen LogP contribution in [-0.2, 0) is 11.3 Å². The lowest BCUT2D eigenvalue weighted by Crippen LogP contribution is -2.27. The van der Waals surface area contributed by atoms with Crippen molar-refractivity contribution in [2.45, 2.75) is 48.1 Å². The number of nitrogens with one attached hydrogen (secondary N) is 1. The highest BCUT2D eigenvalue weighted by Gasteiger charge is 2.26. The van der Waals surface area contributed by atoms with Crippen molar-refractivity contribution < 1.29 is 14.3 Å². The molecule has 0 aromatic carbocycles. The average Bonchev–Trinajstić information content (AvgIpc) is 2.69. The highest BCUT2D eigenvalue weighted by Crippen LogP contribution is 2.23. The Kier molecular flexibility index (Phi) is 6.81. The SMILES string of the molecule is CCOC(=O)c1c(C)c(C(=O)CNCC(C)C)c(C)n1CC. The highest BCUT2D eigenvalue weighted by molar-refractivity contribution is 6.03. The van der Waals surface area contributed by atoms with Gasteiger partial charge in [0, 0.05) is 17.8 Å². The zero-order valence-electron chi connectivity index (χ0n) is 14.6. The molecule has 0 atom stereocenters. The molecule has 5 heteroatoms. The van der Waals surface area contributed by atoms with E-state index in [0.717, 1.165) is 12.2 Å². The van der Waals surface area contributed by atoms with Gasteiger partial charge in [-0.3, -0.25) is 4.79 Å². The first kappa shape index (κ1) is 18.4. The van der Waals surface area contributed by atoms with Gasteiger partial charge in [-0.2, -0.15) is 0 Å². The summed E-state index contributed by atoms with van der Waals surface area (Å²) in [5.41, 5.74) is 2.68. The zero-order valence-corrected chi connectivity index (χ0v) is 14.6. The molecule has 0 unspecified atom stereocenters. The zero-order chi connectivity index (χ0) is 16.9. The number of Topliss-reactive ketones (excluding diaryl/α,β-unsaturated/α-hetero) is 1. The number of hydrogen-bond donors (Lipinski definition) is 1. The van der Waals surface area contributed by atoms with E-state index in [0.29, 0.717) is 35.9 Å². The summed E-state index contributed by atoms with van der Waals surface area (Å²) in [6, 6.07) is 0. The second kappa shape index (κ2) is 8.13. The maximum atomic E-state index is 12.5. The van der Waals surface area contributed by atoms with Gasteiger partial charge in [-0.15, -0.1) is 0 Å². The highest BCUT2D eigenvalue weighted by atomic mass is 16.5. The van der Waals surface area contributed by atoms with Crippen LogP contribution in [0.15, 0.2) is 0 Å². The fraction of sp³-hybridized carbons (Fsp3) is 0.647. The van der Waals surface area contributed by atoms with E-state index in [4.69, 9.17) is 4.74 Å². The Bertz CT molecular complexity index is 545. The summed E-state index contributed by atoms with van der Waals surface area (Å²) in [5.74, 6) is 0.151. The second-order valence-corrected chi connectivity index (χ2v) is 5.85. The Morgan fingerprint density at radius 1 is 1.23 bits per heavy atom. The molecule has 0 radical (unpaired) electrons. The molecule has 0 saturated heterocycles. The number of hydrogen-bond acceptors (Lipinski definition) is 4. The molecule has 1 aromatic heterocycles. The molecule has 1 rings (SSSR count). The van der Waals surface area contributed by atoms with Crippen LogP contribution in [0.4, 0.5) is 0 Å². The van der Waals surface area contributed by atoms with E-state index in [1.807, 2.05) is 25.3 Å². The first-order valence-corrected chi connectivity index (χ1v) is 7.95. The Balaban J connectivity index is 3.10. The van der Waals surface area contributed by atoms with Crippen molar-refractivity contribution in [3.05, 3.63) is 22.5 Å². The molecule has 0 fully saturated rings. The summed E-state index contributed by atoms with van der Waals surface area (Å²) in [4.78, 5) is 24.7. The Hall–Kier alpha value is -1.62. The molecule has 1 N–H and O–H groups in total. The van der Waals surface area contributed by atoms with Crippen molar-refractivity contribution >= 4 is 11.8 Å². The van der Waals surface area contributed by atoms with Crippen LogP contribution < -0.4 is 5.32 Å². The first-order valence-electron chi connectivity index (χ1n) is 7.95. The molecule has 0 spiro atoms. The Morgan fingerprint density at radius 2 is 1.86 bits per heavy atom. The fourth-order valence-corrected chi connectivity index (χ4v) is 2.73. The minimum Gasteiger partial charge on any atom is -0.461 e. The van der Waals surface area contributed by atoms with Crippen LogP contribution in [0.3, 0.4) is 0 Å². The lowest BCUT2D eigenvalue weighted by molar-refractivity contribution is 0.0512. The van der Waals surface area contributed by atoms with Crippen LogP contribution in [0.25, 0.3) is 0 Å². The number of ketones is 1. The van der Waals surface area contributed by atoms with Gasteiger partial charge in [-0.05, 0) is 45.7 Å². The molecular weight excluding hydrogens is 280 g/mol. The first-order chi connectivity index (χ1) is 10.3. The Morgan fingerprint density at radius 3 is 2.36 bits per heavy atom. The van der Waals surface area contributed by atoms with Crippen LogP contribution in [-0.4, -0.2) is 36.0 Å². The van der Waals surface area contributed by atoms with E-state index in [2.05, 4.69) is 19.2 Å². The van der Waals surface area contributed by atoms with E-state index in [1.165, 1.54) is 0 Å². The number of carbonyl (C=O) groups is 2. The van der Waals surface area contributed by atoms with Gasteiger partial charge in [-0.1, -0.05) is 13.8 Å². The van der Waals surface area contributed by atoms with Crippen molar-refractivity contribution in [1.82, 2.24) is 9.88 Å². The second-order valence-electron chi connectivity index (χ2n) is 5.85. The smallest absolute Gasteiger partial charge is 0.355 e. The number of ether oxygens (including phenoxy) is 1. The molecule has 0 saturated carbocycles. The topological polar surface area (TPSA) is 60.3 Å². The summed E-state index contributed by atoms with van der Waals surface area (Å²) >= 11 is 0. The van der Waals surface area contributed by atoms with Crippen LogP contribution in [0.5, 0.6) is 0 Å². The van der Waals surface area contributed by atoms with Crippen molar-refractivity contribution in [3.63, 3.8) is 0 Å². The van der Waals surface area contributed by atoms with Gasteiger partial charge >= 0.3 is 5.97 Å². The number of nitrogens with zero attached hydrogens (tertiary/aromatic N) is 1. The minimum absolute atomic E-state index is 0.0217. The number of esters is 1. The monoisotopic (exact) mass is 308 g/mol. The maximum Gasteiger partial charge on any atom is 0.355 e. The third-order valence-corrected chi connectivity index (χ3v) is 3.67. The van der Waals surface area contributed by atoms with Gasteiger partial charge in [0.25, 0.3) is 0 Å². The number of aromatic nitrogens is 1. The standard InChI is InChI=1S/C17H28N2O3/c1-7-19-13(6)15(14(20)10-18-9-11(3)4)12(5)16(19)17(21)22-8-2/h11,18H,7-10H2,1-6H3. The van der Waals surface area contributed by atoms with Crippen molar-refractivity contribution in [2.75, 3.05) is 19.7 Å². The molecular formula is C17H28N2O3. The molecule has 124 valence electrons. The quantitative estimate of drug-likeness (QED) is 0.592. The summed E-state index contributed by atoms with van der Waals surface area (Å²) in [6.45, 7) is 13.7. The molecule has 0 aliphatic carbocycles. The van der Waals surface area contributed by atoms with E-state index in [9.17, 15) is 9.59 Å². The third kappa shape index (κ3) is 3.97. The third-order valence-electron chi connectivity index (χ3n) is 3.67. The van der Waals surface area contributed by atoms with Gasteiger partial charge in [-0.25, -0.2) is 4.79 Å². The van der Waals surface area contributed by atoms with Gasteiger partial charge in [0.05, 0.1) is 13.2 Å². The van der Waals surface area contributed by atoms with Crippen molar-refractivity contribution in [1.29, 1.82) is 0 Å². The van der Waals surface area contributed by atoms with Gasteiger partial charge in [0.2, 0.25) is 0 Å². The largest absolute Gasteiger partial charge is 0.461 e.